The summed E-state index contributed by atoms with van der Waals surface area (Å²) in [6, 6.07) is 2.88. The summed E-state index contributed by atoms with van der Waals surface area (Å²) in [5.41, 5.74) is 1.47. The second-order valence-corrected chi connectivity index (χ2v) is 5.84. The first kappa shape index (κ1) is 12.2. The Balaban J connectivity index is 1.55. The normalized spacial score (nSPS) is 22.5. The van der Waals surface area contributed by atoms with Gasteiger partial charge in [0, 0.05) is 31.5 Å². The van der Waals surface area contributed by atoms with Crippen molar-refractivity contribution in [1.29, 1.82) is 0 Å². The highest BCUT2D eigenvalue weighted by atomic mass is 15.2. The van der Waals surface area contributed by atoms with Crippen molar-refractivity contribution < 1.29 is 0 Å². The topological polar surface area (TPSA) is 20.2 Å². The van der Waals surface area contributed by atoms with Crippen LogP contribution in [0.2, 0.25) is 0 Å². The van der Waals surface area contributed by atoms with Crippen LogP contribution in [-0.2, 0) is 6.54 Å². The third kappa shape index (κ3) is 2.78. The highest BCUT2D eigenvalue weighted by molar-refractivity contribution is 5.18. The zero-order valence-corrected chi connectivity index (χ0v) is 11.4. The average molecular weight is 247 g/mol. The zero-order chi connectivity index (χ0) is 12.4. The van der Waals surface area contributed by atoms with E-state index in [1.807, 2.05) is 0 Å². The van der Waals surface area contributed by atoms with Gasteiger partial charge >= 0.3 is 0 Å². The number of rotatable bonds is 6. The molecule has 1 atom stereocenters. The molecule has 0 spiro atoms. The number of likely N-dealkylation sites (tertiary alicyclic amines) is 1. The summed E-state index contributed by atoms with van der Waals surface area (Å²) in [5.74, 6) is 0.879. The average Bonchev–Trinajstić information content (AvgIpc) is 2.92. The minimum Gasteiger partial charge on any atom is -0.353 e. The van der Waals surface area contributed by atoms with E-state index in [0.717, 1.165) is 12.5 Å². The summed E-state index contributed by atoms with van der Waals surface area (Å²) in [6.45, 7) is 4.95. The van der Waals surface area contributed by atoms with Gasteiger partial charge in [-0.3, -0.25) is 0 Å². The Morgan fingerprint density at radius 1 is 1.28 bits per heavy atom. The molecule has 100 valence electrons. The lowest BCUT2D eigenvalue weighted by Gasteiger charge is -2.15. The van der Waals surface area contributed by atoms with Crippen molar-refractivity contribution >= 4 is 0 Å². The molecule has 1 aromatic rings. The highest BCUT2D eigenvalue weighted by Crippen LogP contribution is 2.40. The molecule has 3 rings (SSSR count). The molecule has 1 N–H and O–H groups in total. The lowest BCUT2D eigenvalue weighted by atomic mass is 10.1. The van der Waals surface area contributed by atoms with E-state index in [0.29, 0.717) is 6.04 Å². The molecule has 1 aliphatic carbocycles. The molecule has 2 heterocycles. The Labute approximate surface area is 110 Å². The third-order valence-electron chi connectivity index (χ3n) is 4.41. The van der Waals surface area contributed by atoms with Crippen molar-refractivity contribution in [2.45, 2.75) is 38.3 Å². The summed E-state index contributed by atoms with van der Waals surface area (Å²) >= 11 is 0. The Bertz CT molecular complexity index is 375. The van der Waals surface area contributed by atoms with E-state index in [-0.39, 0.29) is 0 Å². The molecule has 18 heavy (non-hydrogen) atoms. The largest absolute Gasteiger partial charge is 0.353 e. The van der Waals surface area contributed by atoms with Gasteiger partial charge in [-0.25, -0.2) is 0 Å². The maximum Gasteiger partial charge on any atom is 0.0361 e. The molecule has 0 bridgehead atoms. The third-order valence-corrected chi connectivity index (χ3v) is 4.41. The van der Waals surface area contributed by atoms with Crippen LogP contribution in [0.1, 0.15) is 37.3 Å². The summed E-state index contributed by atoms with van der Waals surface area (Å²) in [6.07, 6.45) is 10.2. The SMILES string of the molecule is CNC(c1ccn(CCN2CCCC2)c1)C1CC1. The van der Waals surface area contributed by atoms with Crippen LogP contribution in [0.15, 0.2) is 18.5 Å². The molecule has 0 amide bonds. The standard InChI is InChI=1S/C15H25N3/c1-16-15(13-4-5-13)14-6-9-18(12-14)11-10-17-7-2-3-8-17/h6,9,12-13,15-16H,2-5,7-8,10-11H2,1H3. The zero-order valence-electron chi connectivity index (χ0n) is 11.4. The number of hydrogen-bond donors (Lipinski definition) is 1. The maximum atomic E-state index is 3.47. The van der Waals surface area contributed by atoms with Gasteiger partial charge in [-0.15, -0.1) is 0 Å². The predicted molar refractivity (Wildman–Crippen MR) is 74.6 cm³/mol. The lowest BCUT2D eigenvalue weighted by Crippen LogP contribution is -2.23. The van der Waals surface area contributed by atoms with Crippen LogP contribution in [0, 0.1) is 5.92 Å². The number of nitrogens with one attached hydrogen (secondary N) is 1. The Morgan fingerprint density at radius 2 is 2.06 bits per heavy atom. The molecule has 3 heteroatoms. The van der Waals surface area contributed by atoms with E-state index >= 15 is 0 Å². The van der Waals surface area contributed by atoms with Gasteiger partial charge in [0.25, 0.3) is 0 Å². The first-order chi connectivity index (χ1) is 8.86. The fourth-order valence-corrected chi connectivity index (χ4v) is 3.15. The summed E-state index contributed by atoms with van der Waals surface area (Å²) < 4.78 is 2.36. The molecule has 0 aromatic carbocycles. The van der Waals surface area contributed by atoms with Crippen molar-refractivity contribution in [2.75, 3.05) is 26.7 Å². The van der Waals surface area contributed by atoms with Crippen LogP contribution >= 0.6 is 0 Å². The fourth-order valence-electron chi connectivity index (χ4n) is 3.15. The van der Waals surface area contributed by atoms with Gasteiger partial charge in [-0.05, 0) is 63.4 Å². The molecule has 1 aliphatic heterocycles. The second-order valence-electron chi connectivity index (χ2n) is 5.84. The van der Waals surface area contributed by atoms with E-state index in [4.69, 9.17) is 0 Å². The quantitative estimate of drug-likeness (QED) is 0.832. The molecular weight excluding hydrogens is 222 g/mol. The molecular formula is C15H25N3. The van der Waals surface area contributed by atoms with Crippen molar-refractivity contribution in [3.05, 3.63) is 24.0 Å². The van der Waals surface area contributed by atoms with Gasteiger partial charge in [-0.1, -0.05) is 0 Å². The second kappa shape index (κ2) is 5.45. The summed E-state index contributed by atoms with van der Waals surface area (Å²) in [5, 5.41) is 3.47. The van der Waals surface area contributed by atoms with Gasteiger partial charge in [0.15, 0.2) is 0 Å². The highest BCUT2D eigenvalue weighted by Gasteiger charge is 2.31. The monoisotopic (exact) mass is 247 g/mol. The number of hydrogen-bond acceptors (Lipinski definition) is 2. The van der Waals surface area contributed by atoms with Crippen LogP contribution in [0.25, 0.3) is 0 Å². The smallest absolute Gasteiger partial charge is 0.0361 e. The Hall–Kier alpha value is -0.800. The summed E-state index contributed by atoms with van der Waals surface area (Å²) in [4.78, 5) is 2.58. The van der Waals surface area contributed by atoms with Gasteiger partial charge < -0.3 is 14.8 Å². The minimum atomic E-state index is 0.582. The van der Waals surface area contributed by atoms with Gasteiger partial charge in [-0.2, -0.15) is 0 Å². The Kier molecular flexibility index (Phi) is 3.71. The molecule has 2 fully saturated rings. The molecule has 1 aromatic heterocycles. The van der Waals surface area contributed by atoms with E-state index in [1.54, 1.807) is 0 Å². The van der Waals surface area contributed by atoms with Gasteiger partial charge in [0.1, 0.15) is 0 Å². The van der Waals surface area contributed by atoms with E-state index in [2.05, 4.69) is 40.3 Å². The van der Waals surface area contributed by atoms with Gasteiger partial charge in [0.2, 0.25) is 0 Å². The van der Waals surface area contributed by atoms with E-state index < -0.39 is 0 Å². The van der Waals surface area contributed by atoms with E-state index in [1.165, 1.54) is 50.9 Å². The van der Waals surface area contributed by atoms with Crippen LogP contribution in [0.3, 0.4) is 0 Å². The van der Waals surface area contributed by atoms with Crippen molar-refractivity contribution in [3.63, 3.8) is 0 Å². The Morgan fingerprint density at radius 3 is 2.72 bits per heavy atom. The fraction of sp³-hybridized carbons (Fsp3) is 0.733. The van der Waals surface area contributed by atoms with Crippen molar-refractivity contribution in [2.24, 2.45) is 5.92 Å². The molecule has 1 saturated carbocycles. The summed E-state index contributed by atoms with van der Waals surface area (Å²) in [7, 11) is 2.09. The molecule has 1 unspecified atom stereocenters. The van der Waals surface area contributed by atoms with Crippen LogP contribution in [-0.4, -0.2) is 36.1 Å². The number of aromatic nitrogens is 1. The predicted octanol–water partition coefficient (Wildman–Crippen LogP) is 2.25. The molecule has 2 aliphatic rings. The maximum absolute atomic E-state index is 3.47. The van der Waals surface area contributed by atoms with Crippen LogP contribution in [0.5, 0.6) is 0 Å². The molecule has 1 saturated heterocycles. The molecule has 0 radical (unpaired) electrons. The van der Waals surface area contributed by atoms with Crippen molar-refractivity contribution in [3.8, 4) is 0 Å². The van der Waals surface area contributed by atoms with Crippen LogP contribution < -0.4 is 5.32 Å². The minimum absolute atomic E-state index is 0.582. The molecule has 3 nitrogen and oxygen atoms in total. The van der Waals surface area contributed by atoms with E-state index in [9.17, 15) is 0 Å². The number of nitrogens with zero attached hydrogens (tertiary/aromatic N) is 2. The van der Waals surface area contributed by atoms with Gasteiger partial charge in [0.05, 0.1) is 0 Å². The van der Waals surface area contributed by atoms with Crippen molar-refractivity contribution in [1.82, 2.24) is 14.8 Å². The van der Waals surface area contributed by atoms with Crippen LogP contribution in [0.4, 0.5) is 0 Å². The lowest BCUT2D eigenvalue weighted by molar-refractivity contribution is 0.322. The first-order valence-electron chi connectivity index (χ1n) is 7.42. The first-order valence-corrected chi connectivity index (χ1v) is 7.42.